The van der Waals surface area contributed by atoms with Gasteiger partial charge in [0.1, 0.15) is 17.1 Å². The van der Waals surface area contributed by atoms with Crippen molar-refractivity contribution in [2.45, 2.75) is 13.3 Å². The minimum atomic E-state index is -0.276. The first-order valence-electron chi connectivity index (χ1n) is 7.65. The van der Waals surface area contributed by atoms with Crippen molar-refractivity contribution in [1.82, 2.24) is 9.55 Å². The Balaban J connectivity index is 1.86. The molecular weight excluding hydrogens is 307 g/mol. The summed E-state index contributed by atoms with van der Waals surface area (Å²) in [5.74, 6) is 0.314. The van der Waals surface area contributed by atoms with Gasteiger partial charge in [0.2, 0.25) is 5.89 Å². The minimum absolute atomic E-state index is 0.102. The van der Waals surface area contributed by atoms with Crippen molar-refractivity contribution in [3.05, 3.63) is 54.0 Å². The fourth-order valence-corrected chi connectivity index (χ4v) is 3.01. The van der Waals surface area contributed by atoms with Crippen LogP contribution in [0.2, 0.25) is 0 Å². The molecule has 0 spiro atoms. The van der Waals surface area contributed by atoms with E-state index in [-0.39, 0.29) is 11.6 Å². The van der Waals surface area contributed by atoms with Gasteiger partial charge in [-0.15, -0.1) is 0 Å². The zero-order valence-corrected chi connectivity index (χ0v) is 13.3. The maximum atomic E-state index is 13.5. The number of hydrogen-bond acceptors (Lipinski definition) is 3. The highest BCUT2D eigenvalue weighted by atomic mass is 19.1. The van der Waals surface area contributed by atoms with Crippen LogP contribution in [-0.4, -0.2) is 15.3 Å². The van der Waals surface area contributed by atoms with Crippen molar-refractivity contribution >= 4 is 27.8 Å². The van der Waals surface area contributed by atoms with Crippen LogP contribution in [0.3, 0.4) is 0 Å². The predicted molar refractivity (Wildman–Crippen MR) is 90.3 cm³/mol. The third-order valence-corrected chi connectivity index (χ3v) is 4.09. The van der Waals surface area contributed by atoms with E-state index in [1.54, 1.807) is 13.0 Å². The summed E-state index contributed by atoms with van der Waals surface area (Å²) in [6.07, 6.45) is 2.25. The van der Waals surface area contributed by atoms with Crippen molar-refractivity contribution in [3.63, 3.8) is 0 Å². The standard InChI is InChI=1S/C19H15FN2O2/c1-11(23)7-12-3-6-16-18(8-12)24-19(21-16)15-10-22(2)17-9-13(20)4-5-14(15)17/h3-6,8-10H,7H2,1-2H3. The van der Waals surface area contributed by atoms with Crippen molar-refractivity contribution in [1.29, 1.82) is 0 Å². The molecule has 0 aliphatic rings. The zero-order valence-electron chi connectivity index (χ0n) is 13.3. The summed E-state index contributed by atoms with van der Waals surface area (Å²) in [6, 6.07) is 10.2. The Bertz CT molecular complexity index is 1090. The number of fused-ring (bicyclic) bond motifs is 2. The Morgan fingerprint density at radius 2 is 2.08 bits per heavy atom. The first-order chi connectivity index (χ1) is 11.5. The lowest BCUT2D eigenvalue weighted by molar-refractivity contribution is -0.116. The number of oxazole rings is 1. The highest BCUT2D eigenvalue weighted by Gasteiger charge is 2.15. The van der Waals surface area contributed by atoms with E-state index in [0.717, 1.165) is 27.5 Å². The summed E-state index contributed by atoms with van der Waals surface area (Å²) in [5.41, 5.74) is 3.87. The Kier molecular flexibility index (Phi) is 3.23. The van der Waals surface area contributed by atoms with Crippen LogP contribution in [0.4, 0.5) is 4.39 Å². The Morgan fingerprint density at radius 3 is 2.88 bits per heavy atom. The van der Waals surface area contributed by atoms with Gasteiger partial charge in [-0.05, 0) is 42.8 Å². The van der Waals surface area contributed by atoms with Crippen LogP contribution in [0.25, 0.3) is 33.5 Å². The number of ketones is 1. The van der Waals surface area contributed by atoms with Crippen molar-refractivity contribution in [2.75, 3.05) is 0 Å². The average molecular weight is 322 g/mol. The molecule has 0 saturated heterocycles. The van der Waals surface area contributed by atoms with Gasteiger partial charge in [0.25, 0.3) is 0 Å². The quantitative estimate of drug-likeness (QED) is 0.566. The van der Waals surface area contributed by atoms with E-state index >= 15 is 0 Å². The predicted octanol–water partition coefficient (Wildman–Crippen LogP) is 4.26. The summed E-state index contributed by atoms with van der Waals surface area (Å²) in [6.45, 7) is 1.56. The summed E-state index contributed by atoms with van der Waals surface area (Å²) < 4.78 is 21.2. The van der Waals surface area contributed by atoms with Crippen LogP contribution >= 0.6 is 0 Å². The topological polar surface area (TPSA) is 48.0 Å². The normalized spacial score (nSPS) is 11.5. The van der Waals surface area contributed by atoms with Crippen LogP contribution in [0.1, 0.15) is 12.5 Å². The number of aryl methyl sites for hydroxylation is 1. The van der Waals surface area contributed by atoms with E-state index in [0.29, 0.717) is 17.9 Å². The van der Waals surface area contributed by atoms with Crippen LogP contribution in [-0.2, 0) is 18.3 Å². The highest BCUT2D eigenvalue weighted by Crippen LogP contribution is 2.32. The van der Waals surface area contributed by atoms with E-state index in [1.165, 1.54) is 12.1 Å². The van der Waals surface area contributed by atoms with Crippen molar-refractivity contribution in [3.8, 4) is 11.5 Å². The second-order valence-corrected chi connectivity index (χ2v) is 6.02. The molecule has 2 aromatic carbocycles. The van der Waals surface area contributed by atoms with Gasteiger partial charge in [0.15, 0.2) is 5.58 Å². The molecule has 4 rings (SSSR count). The summed E-state index contributed by atoms with van der Waals surface area (Å²) in [4.78, 5) is 15.8. The third-order valence-electron chi connectivity index (χ3n) is 4.09. The first-order valence-corrected chi connectivity index (χ1v) is 7.65. The molecular formula is C19H15FN2O2. The van der Waals surface area contributed by atoms with Gasteiger partial charge >= 0.3 is 0 Å². The van der Waals surface area contributed by atoms with Gasteiger partial charge < -0.3 is 8.98 Å². The maximum Gasteiger partial charge on any atom is 0.229 e. The van der Waals surface area contributed by atoms with Gasteiger partial charge in [-0.1, -0.05) is 6.07 Å². The maximum absolute atomic E-state index is 13.5. The molecule has 0 aliphatic heterocycles. The summed E-state index contributed by atoms with van der Waals surface area (Å²) in [5, 5.41) is 0.884. The monoisotopic (exact) mass is 322 g/mol. The third kappa shape index (κ3) is 2.38. The molecule has 4 nitrogen and oxygen atoms in total. The molecule has 0 bridgehead atoms. The number of hydrogen-bond donors (Lipinski definition) is 0. The molecule has 2 heterocycles. The first kappa shape index (κ1) is 14.6. The van der Waals surface area contributed by atoms with E-state index < -0.39 is 0 Å². The molecule has 24 heavy (non-hydrogen) atoms. The second-order valence-electron chi connectivity index (χ2n) is 6.02. The molecule has 0 saturated carbocycles. The highest BCUT2D eigenvalue weighted by molar-refractivity contribution is 5.95. The SMILES string of the molecule is CC(=O)Cc1ccc2nc(-c3cn(C)c4cc(F)ccc34)oc2c1. The number of halogens is 1. The zero-order chi connectivity index (χ0) is 16.8. The molecule has 0 unspecified atom stereocenters. The number of Topliss-reactive ketones (excluding diaryl/α,β-unsaturated/α-hetero) is 1. The smallest absolute Gasteiger partial charge is 0.229 e. The number of carbonyl (C=O) groups is 1. The van der Waals surface area contributed by atoms with Gasteiger partial charge in [-0.25, -0.2) is 9.37 Å². The fourth-order valence-electron chi connectivity index (χ4n) is 3.01. The molecule has 0 fully saturated rings. The van der Waals surface area contributed by atoms with Gasteiger partial charge in [0.05, 0.1) is 11.1 Å². The fraction of sp³-hybridized carbons (Fsp3) is 0.158. The van der Waals surface area contributed by atoms with Gasteiger partial charge in [0, 0.05) is 25.1 Å². The number of carbonyl (C=O) groups excluding carboxylic acids is 1. The van der Waals surface area contributed by atoms with Crippen LogP contribution < -0.4 is 0 Å². The molecule has 0 aliphatic carbocycles. The largest absolute Gasteiger partial charge is 0.436 e. The molecule has 0 atom stereocenters. The van der Waals surface area contributed by atoms with Crippen LogP contribution in [0.15, 0.2) is 47.0 Å². The molecule has 4 aromatic rings. The van der Waals surface area contributed by atoms with Crippen LogP contribution in [0, 0.1) is 5.82 Å². The molecule has 2 aromatic heterocycles. The second kappa shape index (κ2) is 5.30. The van der Waals surface area contributed by atoms with Crippen molar-refractivity contribution in [2.24, 2.45) is 7.05 Å². The molecule has 120 valence electrons. The molecule has 0 N–H and O–H groups in total. The van der Waals surface area contributed by atoms with Crippen LogP contribution in [0.5, 0.6) is 0 Å². The Labute approximate surface area is 137 Å². The summed E-state index contributed by atoms with van der Waals surface area (Å²) in [7, 11) is 1.86. The lowest BCUT2D eigenvalue weighted by Crippen LogP contribution is -1.95. The van der Waals surface area contributed by atoms with E-state index in [1.807, 2.05) is 36.0 Å². The van der Waals surface area contributed by atoms with E-state index in [9.17, 15) is 9.18 Å². The minimum Gasteiger partial charge on any atom is -0.436 e. The van der Waals surface area contributed by atoms with Gasteiger partial charge in [-0.3, -0.25) is 4.79 Å². The lowest BCUT2D eigenvalue weighted by atomic mass is 10.1. The lowest BCUT2D eigenvalue weighted by Gasteiger charge is -1.96. The number of rotatable bonds is 3. The Morgan fingerprint density at radius 1 is 1.25 bits per heavy atom. The molecule has 5 heteroatoms. The number of nitrogens with zero attached hydrogens (tertiary/aromatic N) is 2. The number of aromatic nitrogens is 2. The Hall–Kier alpha value is -2.95. The molecule has 0 radical (unpaired) electrons. The van der Waals surface area contributed by atoms with E-state index in [4.69, 9.17) is 4.42 Å². The summed E-state index contributed by atoms with van der Waals surface area (Å²) >= 11 is 0. The van der Waals surface area contributed by atoms with Crippen molar-refractivity contribution < 1.29 is 13.6 Å². The molecule has 0 amide bonds. The average Bonchev–Trinajstić information content (AvgIpc) is 3.08. The van der Waals surface area contributed by atoms with Gasteiger partial charge in [-0.2, -0.15) is 0 Å². The number of benzene rings is 2. The van der Waals surface area contributed by atoms with E-state index in [2.05, 4.69) is 4.98 Å².